The highest BCUT2D eigenvalue weighted by atomic mass is 16.5. The maximum absolute atomic E-state index is 8.82. The van der Waals surface area contributed by atoms with Gasteiger partial charge in [0.1, 0.15) is 5.84 Å². The van der Waals surface area contributed by atoms with E-state index in [1.54, 1.807) is 0 Å². The molecule has 0 aromatic carbocycles. The van der Waals surface area contributed by atoms with Crippen LogP contribution in [0, 0.1) is 5.92 Å². The molecule has 0 aromatic rings. The number of hydrogen-bond donors (Lipinski definition) is 2. The summed E-state index contributed by atoms with van der Waals surface area (Å²) in [4.78, 5) is 2.44. The van der Waals surface area contributed by atoms with Crippen LogP contribution in [-0.2, 0) is 4.74 Å². The molecule has 114 valence electrons. The molecule has 0 bridgehead atoms. The van der Waals surface area contributed by atoms with Crippen molar-refractivity contribution in [2.24, 2.45) is 16.8 Å². The molecule has 1 aliphatic carbocycles. The van der Waals surface area contributed by atoms with Crippen LogP contribution in [0.5, 0.6) is 0 Å². The van der Waals surface area contributed by atoms with E-state index in [9.17, 15) is 0 Å². The minimum atomic E-state index is 0.204. The van der Waals surface area contributed by atoms with E-state index in [2.05, 4.69) is 10.1 Å². The van der Waals surface area contributed by atoms with E-state index >= 15 is 0 Å². The molecule has 2 saturated heterocycles. The molecule has 0 amide bonds. The van der Waals surface area contributed by atoms with E-state index in [1.165, 1.54) is 38.5 Å². The van der Waals surface area contributed by atoms with Crippen molar-refractivity contribution in [1.29, 1.82) is 0 Å². The third kappa shape index (κ3) is 2.93. The summed E-state index contributed by atoms with van der Waals surface area (Å²) in [6.45, 7) is 3.03. The summed E-state index contributed by atoms with van der Waals surface area (Å²) in [5.74, 6) is 0.588. The quantitative estimate of drug-likeness (QED) is 0.359. The number of ether oxygens (including phenoxy) is 1. The SMILES string of the molecule is NC(=NO)C1CCCN(CC2CCC3(CCCC3)O2)C1. The first-order valence-corrected chi connectivity index (χ1v) is 8.08. The predicted octanol–water partition coefficient (Wildman–Crippen LogP) is 1.94. The van der Waals surface area contributed by atoms with Crippen LogP contribution < -0.4 is 5.73 Å². The smallest absolute Gasteiger partial charge is 0.143 e. The zero-order valence-electron chi connectivity index (χ0n) is 12.3. The van der Waals surface area contributed by atoms with Gasteiger partial charge < -0.3 is 20.6 Å². The van der Waals surface area contributed by atoms with Crippen molar-refractivity contribution in [3.63, 3.8) is 0 Å². The molecule has 1 spiro atoms. The Morgan fingerprint density at radius 3 is 2.80 bits per heavy atom. The molecule has 2 heterocycles. The first-order chi connectivity index (χ1) is 9.71. The van der Waals surface area contributed by atoms with E-state index in [0.717, 1.165) is 32.5 Å². The molecule has 3 N–H and O–H groups in total. The normalized spacial score (nSPS) is 34.9. The van der Waals surface area contributed by atoms with Crippen LogP contribution in [0.15, 0.2) is 5.16 Å². The number of hydrogen-bond acceptors (Lipinski definition) is 4. The zero-order chi connectivity index (χ0) is 14.0. The van der Waals surface area contributed by atoms with Crippen LogP contribution in [0.25, 0.3) is 0 Å². The summed E-state index contributed by atoms with van der Waals surface area (Å²) in [6.07, 6.45) is 10.2. The van der Waals surface area contributed by atoms with Crippen molar-refractivity contribution in [2.45, 2.75) is 63.1 Å². The zero-order valence-corrected chi connectivity index (χ0v) is 12.3. The van der Waals surface area contributed by atoms with Crippen molar-refractivity contribution in [2.75, 3.05) is 19.6 Å². The molecule has 3 fully saturated rings. The van der Waals surface area contributed by atoms with Gasteiger partial charge in [0.05, 0.1) is 11.7 Å². The number of likely N-dealkylation sites (tertiary alicyclic amines) is 1. The second kappa shape index (κ2) is 5.90. The van der Waals surface area contributed by atoms with Gasteiger partial charge in [-0.15, -0.1) is 0 Å². The second-order valence-electron chi connectivity index (χ2n) is 6.79. The van der Waals surface area contributed by atoms with Crippen LogP contribution >= 0.6 is 0 Å². The summed E-state index contributed by atoms with van der Waals surface area (Å²) in [5.41, 5.74) is 5.98. The number of nitrogens with two attached hydrogens (primary N) is 1. The van der Waals surface area contributed by atoms with E-state index in [0.29, 0.717) is 11.9 Å². The van der Waals surface area contributed by atoms with Crippen LogP contribution in [0.4, 0.5) is 0 Å². The molecule has 20 heavy (non-hydrogen) atoms. The summed E-state index contributed by atoms with van der Waals surface area (Å²) < 4.78 is 6.38. The molecular formula is C15H27N3O2. The number of nitrogens with zero attached hydrogens (tertiary/aromatic N) is 2. The molecule has 5 nitrogen and oxygen atoms in total. The van der Waals surface area contributed by atoms with Gasteiger partial charge in [-0.3, -0.25) is 0 Å². The molecule has 2 unspecified atom stereocenters. The van der Waals surface area contributed by atoms with Gasteiger partial charge in [0.15, 0.2) is 0 Å². The van der Waals surface area contributed by atoms with E-state index in [1.807, 2.05) is 0 Å². The van der Waals surface area contributed by atoms with Crippen LogP contribution in [0.2, 0.25) is 0 Å². The van der Waals surface area contributed by atoms with Gasteiger partial charge in [-0.2, -0.15) is 0 Å². The number of amidine groups is 1. The van der Waals surface area contributed by atoms with Crippen LogP contribution in [0.3, 0.4) is 0 Å². The van der Waals surface area contributed by atoms with Crippen molar-refractivity contribution in [1.82, 2.24) is 4.90 Å². The topological polar surface area (TPSA) is 71.1 Å². The largest absolute Gasteiger partial charge is 0.409 e. The van der Waals surface area contributed by atoms with Gasteiger partial charge in [0.2, 0.25) is 0 Å². The number of piperidine rings is 1. The van der Waals surface area contributed by atoms with Crippen molar-refractivity contribution >= 4 is 5.84 Å². The minimum absolute atomic E-state index is 0.204. The summed E-state index contributed by atoms with van der Waals surface area (Å²) in [7, 11) is 0. The highest BCUT2D eigenvalue weighted by Gasteiger charge is 2.42. The first-order valence-electron chi connectivity index (χ1n) is 8.08. The standard InChI is InChI=1S/C15H27N3O2/c16-14(17-19)12-4-3-9-18(10-12)11-13-5-8-15(20-13)6-1-2-7-15/h12-13,19H,1-11H2,(H2,16,17). The highest BCUT2D eigenvalue weighted by Crippen LogP contribution is 2.43. The Morgan fingerprint density at radius 1 is 1.25 bits per heavy atom. The molecule has 1 saturated carbocycles. The third-order valence-electron chi connectivity index (χ3n) is 5.35. The van der Waals surface area contributed by atoms with E-state index in [-0.39, 0.29) is 11.5 Å². The fourth-order valence-corrected chi connectivity index (χ4v) is 4.24. The summed E-state index contributed by atoms with van der Waals surface area (Å²) in [5, 5.41) is 12.0. The van der Waals surface area contributed by atoms with Gasteiger partial charge >= 0.3 is 0 Å². The molecular weight excluding hydrogens is 254 g/mol. The molecule has 5 heteroatoms. The number of oxime groups is 1. The molecule has 0 aromatic heterocycles. The number of rotatable bonds is 3. The van der Waals surface area contributed by atoms with Crippen molar-refractivity contribution in [3.8, 4) is 0 Å². The second-order valence-corrected chi connectivity index (χ2v) is 6.79. The predicted molar refractivity (Wildman–Crippen MR) is 77.9 cm³/mol. The Morgan fingerprint density at radius 2 is 2.05 bits per heavy atom. The molecule has 3 aliphatic rings. The average molecular weight is 281 g/mol. The lowest BCUT2D eigenvalue weighted by Crippen LogP contribution is -2.44. The van der Waals surface area contributed by atoms with E-state index < -0.39 is 0 Å². The molecule has 2 atom stereocenters. The Hall–Kier alpha value is -0.810. The van der Waals surface area contributed by atoms with Crippen molar-refractivity contribution < 1.29 is 9.94 Å². The van der Waals surface area contributed by atoms with Gasteiger partial charge in [0, 0.05) is 19.0 Å². The fraction of sp³-hybridized carbons (Fsp3) is 0.933. The Labute approximate surface area is 121 Å². The average Bonchev–Trinajstić information content (AvgIpc) is 3.09. The van der Waals surface area contributed by atoms with Crippen LogP contribution in [0.1, 0.15) is 51.4 Å². The summed E-state index contributed by atoms with van der Waals surface area (Å²) in [6, 6.07) is 0. The molecule has 3 rings (SSSR count). The molecule has 0 radical (unpaired) electrons. The van der Waals surface area contributed by atoms with Gasteiger partial charge in [-0.1, -0.05) is 18.0 Å². The lowest BCUT2D eigenvalue weighted by atomic mass is 9.96. The van der Waals surface area contributed by atoms with Crippen LogP contribution in [-0.4, -0.2) is 47.3 Å². The lowest BCUT2D eigenvalue weighted by Gasteiger charge is -2.34. The van der Waals surface area contributed by atoms with Gasteiger partial charge in [-0.25, -0.2) is 0 Å². The summed E-state index contributed by atoms with van der Waals surface area (Å²) >= 11 is 0. The first kappa shape index (κ1) is 14.1. The highest BCUT2D eigenvalue weighted by molar-refractivity contribution is 5.82. The van der Waals surface area contributed by atoms with Gasteiger partial charge in [0.25, 0.3) is 0 Å². The Balaban J connectivity index is 1.51. The third-order valence-corrected chi connectivity index (χ3v) is 5.35. The van der Waals surface area contributed by atoms with Gasteiger partial charge in [-0.05, 0) is 45.1 Å². The van der Waals surface area contributed by atoms with Crippen molar-refractivity contribution in [3.05, 3.63) is 0 Å². The Bertz CT molecular complexity index is 366. The minimum Gasteiger partial charge on any atom is -0.409 e. The maximum atomic E-state index is 8.82. The lowest BCUT2D eigenvalue weighted by molar-refractivity contribution is -0.0495. The fourth-order valence-electron chi connectivity index (χ4n) is 4.24. The van der Waals surface area contributed by atoms with E-state index in [4.69, 9.17) is 15.7 Å². The Kier molecular flexibility index (Phi) is 4.17. The monoisotopic (exact) mass is 281 g/mol. The molecule has 2 aliphatic heterocycles. The maximum Gasteiger partial charge on any atom is 0.143 e.